The summed E-state index contributed by atoms with van der Waals surface area (Å²) in [6.07, 6.45) is 10.1. The van der Waals surface area contributed by atoms with Gasteiger partial charge in [0.05, 0.1) is 0 Å². The van der Waals surface area contributed by atoms with E-state index in [-0.39, 0.29) is 5.91 Å². The Hall–Kier alpha value is -4.56. The van der Waals surface area contributed by atoms with Crippen molar-refractivity contribution in [3.05, 3.63) is 107 Å². The van der Waals surface area contributed by atoms with Gasteiger partial charge in [0.25, 0.3) is 5.91 Å². The molecule has 0 unspecified atom stereocenters. The Morgan fingerprint density at radius 2 is 1.61 bits per heavy atom. The van der Waals surface area contributed by atoms with Gasteiger partial charge in [0.1, 0.15) is 11.6 Å². The van der Waals surface area contributed by atoms with E-state index in [9.17, 15) is 4.79 Å². The fourth-order valence-corrected chi connectivity index (χ4v) is 4.00. The molecule has 1 aliphatic carbocycles. The maximum Gasteiger partial charge on any atom is 0.255 e. The zero-order valence-electron chi connectivity index (χ0n) is 20.8. The number of anilines is 4. The molecule has 0 saturated carbocycles. The number of nitrogens with zero attached hydrogens (tertiary/aromatic N) is 4. The number of aromatic nitrogens is 4. The number of carbonyl (C=O) groups is 1. The fraction of sp³-hybridized carbons (Fsp3) is 0.138. The zero-order valence-corrected chi connectivity index (χ0v) is 21.5. The molecule has 0 bridgehead atoms. The zero-order chi connectivity index (χ0) is 26.3. The third kappa shape index (κ3) is 6.41. The van der Waals surface area contributed by atoms with Gasteiger partial charge in [-0.1, -0.05) is 54.9 Å². The maximum absolute atomic E-state index is 12.7. The number of nitrogens with one attached hydrogen (secondary N) is 3. The van der Waals surface area contributed by atoms with Crippen LogP contribution in [-0.2, 0) is 6.42 Å². The van der Waals surface area contributed by atoms with Crippen LogP contribution in [0.25, 0.3) is 11.1 Å². The SMILES string of the molecule is CCc1nc(Nc2ccc(-c3ccc(Cl)cc3)cc2)nc(Nc2cc(C(=O)NC3=CCCC=C3)ccn2)n1. The summed E-state index contributed by atoms with van der Waals surface area (Å²) >= 11 is 6.00. The lowest BCUT2D eigenvalue weighted by Crippen LogP contribution is -2.22. The van der Waals surface area contributed by atoms with Crippen LogP contribution in [0.2, 0.25) is 5.02 Å². The second-order valence-electron chi connectivity index (χ2n) is 8.61. The van der Waals surface area contributed by atoms with Crippen LogP contribution in [0.4, 0.5) is 23.4 Å². The second-order valence-corrected chi connectivity index (χ2v) is 9.05. The molecule has 0 fully saturated rings. The highest BCUT2D eigenvalue weighted by Crippen LogP contribution is 2.24. The molecule has 2 heterocycles. The third-order valence-electron chi connectivity index (χ3n) is 5.83. The molecule has 0 aliphatic heterocycles. The summed E-state index contributed by atoms with van der Waals surface area (Å²) in [7, 11) is 0. The molecule has 1 aliphatic rings. The minimum absolute atomic E-state index is 0.206. The molecule has 1 amide bonds. The van der Waals surface area contributed by atoms with Crippen molar-refractivity contribution in [3.63, 3.8) is 0 Å². The van der Waals surface area contributed by atoms with Gasteiger partial charge >= 0.3 is 0 Å². The van der Waals surface area contributed by atoms with Crippen molar-refractivity contribution in [3.8, 4) is 11.1 Å². The van der Waals surface area contributed by atoms with Gasteiger partial charge in [0, 0.05) is 34.6 Å². The Bertz CT molecular complexity index is 1500. The van der Waals surface area contributed by atoms with Crippen LogP contribution >= 0.6 is 11.6 Å². The molecule has 3 N–H and O–H groups in total. The van der Waals surface area contributed by atoms with E-state index in [0.29, 0.717) is 40.5 Å². The van der Waals surface area contributed by atoms with Gasteiger partial charge < -0.3 is 16.0 Å². The van der Waals surface area contributed by atoms with E-state index >= 15 is 0 Å². The largest absolute Gasteiger partial charge is 0.324 e. The summed E-state index contributed by atoms with van der Waals surface area (Å²) < 4.78 is 0. The minimum Gasteiger partial charge on any atom is -0.324 e. The molecule has 2 aromatic heterocycles. The van der Waals surface area contributed by atoms with Crippen LogP contribution < -0.4 is 16.0 Å². The van der Waals surface area contributed by atoms with Crippen LogP contribution in [0, 0.1) is 0 Å². The number of rotatable bonds is 8. The number of allylic oxidation sites excluding steroid dienone is 3. The summed E-state index contributed by atoms with van der Waals surface area (Å²) in [5, 5.41) is 9.98. The van der Waals surface area contributed by atoms with E-state index in [4.69, 9.17) is 11.6 Å². The Morgan fingerprint density at radius 3 is 2.29 bits per heavy atom. The molecule has 2 aromatic carbocycles. The Balaban J connectivity index is 1.30. The lowest BCUT2D eigenvalue weighted by molar-refractivity contribution is 0.0967. The van der Waals surface area contributed by atoms with Gasteiger partial charge in [-0.15, -0.1) is 0 Å². The molecule has 38 heavy (non-hydrogen) atoms. The van der Waals surface area contributed by atoms with Crippen molar-refractivity contribution in [2.24, 2.45) is 0 Å². The molecule has 190 valence electrons. The van der Waals surface area contributed by atoms with Gasteiger partial charge in [-0.25, -0.2) is 4.98 Å². The summed E-state index contributed by atoms with van der Waals surface area (Å²) in [5.41, 5.74) is 4.27. The van der Waals surface area contributed by atoms with E-state index in [1.54, 1.807) is 18.3 Å². The molecule has 5 rings (SSSR count). The highest BCUT2D eigenvalue weighted by atomic mass is 35.5. The van der Waals surface area contributed by atoms with Gasteiger partial charge in [-0.3, -0.25) is 4.79 Å². The summed E-state index contributed by atoms with van der Waals surface area (Å²) in [6, 6.07) is 19.0. The Labute approximate surface area is 225 Å². The number of amides is 1. The number of hydrogen-bond acceptors (Lipinski definition) is 7. The van der Waals surface area contributed by atoms with Crippen molar-refractivity contribution in [2.45, 2.75) is 26.2 Å². The van der Waals surface area contributed by atoms with Crippen LogP contribution in [0.1, 0.15) is 35.9 Å². The van der Waals surface area contributed by atoms with Gasteiger partial charge in [-0.05, 0) is 66.4 Å². The molecule has 0 radical (unpaired) electrons. The number of aryl methyl sites for hydroxylation is 1. The van der Waals surface area contributed by atoms with Crippen LogP contribution in [0.15, 0.2) is 90.8 Å². The van der Waals surface area contributed by atoms with Crippen LogP contribution in [0.3, 0.4) is 0 Å². The first-order valence-corrected chi connectivity index (χ1v) is 12.7. The van der Waals surface area contributed by atoms with Crippen molar-refractivity contribution in [2.75, 3.05) is 10.6 Å². The average molecular weight is 524 g/mol. The summed E-state index contributed by atoms with van der Waals surface area (Å²) in [6.45, 7) is 1.97. The highest BCUT2D eigenvalue weighted by Gasteiger charge is 2.11. The summed E-state index contributed by atoms with van der Waals surface area (Å²) in [5.74, 6) is 1.61. The monoisotopic (exact) mass is 523 g/mol. The first-order valence-electron chi connectivity index (χ1n) is 12.3. The Kier molecular flexibility index (Phi) is 7.70. The number of halogens is 1. The lowest BCUT2D eigenvalue weighted by Gasteiger charge is -2.11. The molecule has 9 heteroatoms. The van der Waals surface area contributed by atoms with Crippen molar-refractivity contribution in [1.29, 1.82) is 0 Å². The van der Waals surface area contributed by atoms with Crippen LogP contribution in [0.5, 0.6) is 0 Å². The first kappa shape index (κ1) is 25.1. The molecule has 0 atom stereocenters. The van der Waals surface area contributed by atoms with Gasteiger partial charge in [0.2, 0.25) is 11.9 Å². The Morgan fingerprint density at radius 1 is 0.895 bits per heavy atom. The normalized spacial score (nSPS) is 12.5. The molecular formula is C29H26ClN7O. The molecule has 0 spiro atoms. The van der Waals surface area contributed by atoms with E-state index in [1.165, 1.54) is 0 Å². The smallest absolute Gasteiger partial charge is 0.255 e. The number of carbonyl (C=O) groups excluding carboxylic acids is 1. The highest BCUT2D eigenvalue weighted by molar-refractivity contribution is 6.30. The van der Waals surface area contributed by atoms with E-state index in [0.717, 1.165) is 35.4 Å². The molecule has 4 aromatic rings. The topological polar surface area (TPSA) is 105 Å². The maximum atomic E-state index is 12.7. The minimum atomic E-state index is -0.206. The van der Waals surface area contributed by atoms with Crippen molar-refractivity contribution >= 4 is 40.9 Å². The predicted octanol–water partition coefficient (Wildman–Crippen LogP) is 6.60. The second kappa shape index (κ2) is 11.7. The van der Waals surface area contributed by atoms with E-state index in [2.05, 4.69) is 35.9 Å². The fourth-order valence-electron chi connectivity index (χ4n) is 3.87. The standard InChI is InChI=1S/C29H26ClN7O/c1-2-25-34-28(33-24-14-10-20(11-15-24)19-8-12-22(30)13-9-19)37-29(35-25)36-26-18-21(16-17-31-26)27(38)32-23-6-4-3-5-7-23/h4,6-18H,2-3,5H2,1H3,(H,32,38)(H2,31,33,34,35,36,37). The summed E-state index contributed by atoms with van der Waals surface area (Å²) in [4.78, 5) is 30.5. The number of benzene rings is 2. The number of hydrogen-bond donors (Lipinski definition) is 3. The lowest BCUT2D eigenvalue weighted by atomic mass is 10.1. The van der Waals surface area contributed by atoms with Gasteiger partial charge in [0.15, 0.2) is 0 Å². The van der Waals surface area contributed by atoms with Gasteiger partial charge in [-0.2, -0.15) is 15.0 Å². The first-order chi connectivity index (χ1) is 18.6. The van der Waals surface area contributed by atoms with Crippen LogP contribution in [-0.4, -0.2) is 25.8 Å². The molecule has 8 nitrogen and oxygen atoms in total. The van der Waals surface area contributed by atoms with E-state index in [1.807, 2.05) is 73.7 Å². The predicted molar refractivity (Wildman–Crippen MR) is 151 cm³/mol. The average Bonchev–Trinajstić information content (AvgIpc) is 2.94. The van der Waals surface area contributed by atoms with Crippen molar-refractivity contribution in [1.82, 2.24) is 25.3 Å². The van der Waals surface area contributed by atoms with E-state index < -0.39 is 0 Å². The third-order valence-corrected chi connectivity index (χ3v) is 6.08. The number of pyridine rings is 1. The molecular weight excluding hydrogens is 498 g/mol. The van der Waals surface area contributed by atoms with Crippen molar-refractivity contribution < 1.29 is 4.79 Å². The quantitative estimate of drug-likeness (QED) is 0.239. The molecule has 0 saturated heterocycles.